The standard InChI is InChI=1S/C22H30N4OS/c27-22(24-15-18-4-1-9-23-14-18)19-5-2-10-26(16-19)20-7-11-25(12-8-20)17-21-6-3-13-28-21/h1,3-4,6,9,13-14,19-20H,2,5,7-8,10-12,15-17H2,(H,24,27)/t19-/m0/s1. The molecule has 5 nitrogen and oxygen atoms in total. The number of amides is 1. The van der Waals surface area contributed by atoms with Crippen molar-refractivity contribution < 1.29 is 4.79 Å². The smallest absolute Gasteiger partial charge is 0.224 e. The first-order valence-electron chi connectivity index (χ1n) is 10.4. The van der Waals surface area contributed by atoms with Gasteiger partial charge in [-0.15, -0.1) is 11.3 Å². The molecule has 2 aliphatic rings. The number of nitrogens with zero attached hydrogens (tertiary/aromatic N) is 3. The Morgan fingerprint density at radius 1 is 1.18 bits per heavy atom. The van der Waals surface area contributed by atoms with Crippen molar-refractivity contribution in [3.05, 3.63) is 52.5 Å². The molecular weight excluding hydrogens is 368 g/mol. The predicted molar refractivity (Wildman–Crippen MR) is 113 cm³/mol. The van der Waals surface area contributed by atoms with Crippen LogP contribution >= 0.6 is 11.3 Å². The van der Waals surface area contributed by atoms with Crippen molar-refractivity contribution in [2.75, 3.05) is 26.2 Å². The molecule has 4 heterocycles. The average Bonchev–Trinajstić information content (AvgIpc) is 3.26. The Morgan fingerprint density at radius 2 is 2.07 bits per heavy atom. The minimum atomic E-state index is 0.120. The quantitative estimate of drug-likeness (QED) is 0.812. The topological polar surface area (TPSA) is 48.5 Å². The summed E-state index contributed by atoms with van der Waals surface area (Å²) >= 11 is 1.85. The number of carbonyl (C=O) groups is 1. The number of aromatic nitrogens is 1. The van der Waals surface area contributed by atoms with Crippen molar-refractivity contribution in [2.45, 2.75) is 44.8 Å². The third-order valence-corrected chi connectivity index (χ3v) is 6.91. The Kier molecular flexibility index (Phi) is 6.73. The lowest BCUT2D eigenvalue weighted by Crippen LogP contribution is -2.50. The number of likely N-dealkylation sites (tertiary alicyclic amines) is 2. The van der Waals surface area contributed by atoms with Crippen molar-refractivity contribution in [3.8, 4) is 0 Å². The molecule has 0 spiro atoms. The summed E-state index contributed by atoms with van der Waals surface area (Å²) in [5.41, 5.74) is 1.06. The molecule has 0 aliphatic carbocycles. The van der Waals surface area contributed by atoms with E-state index in [-0.39, 0.29) is 11.8 Å². The Balaban J connectivity index is 1.23. The molecule has 0 saturated carbocycles. The molecule has 2 saturated heterocycles. The zero-order chi connectivity index (χ0) is 19.2. The fourth-order valence-electron chi connectivity index (χ4n) is 4.45. The number of rotatable bonds is 6. The van der Waals surface area contributed by atoms with Gasteiger partial charge in [-0.2, -0.15) is 0 Å². The number of carbonyl (C=O) groups excluding carboxylic acids is 1. The molecule has 4 rings (SSSR count). The number of nitrogens with one attached hydrogen (secondary N) is 1. The van der Waals surface area contributed by atoms with Crippen LogP contribution < -0.4 is 5.32 Å². The predicted octanol–water partition coefficient (Wildman–Crippen LogP) is 3.14. The van der Waals surface area contributed by atoms with E-state index in [0.717, 1.165) is 51.1 Å². The molecule has 0 radical (unpaired) electrons. The number of hydrogen-bond acceptors (Lipinski definition) is 5. The maximum absolute atomic E-state index is 12.7. The molecule has 2 fully saturated rings. The van der Waals surface area contributed by atoms with Crippen molar-refractivity contribution in [1.82, 2.24) is 20.1 Å². The minimum Gasteiger partial charge on any atom is -0.352 e. The Bertz CT molecular complexity index is 728. The van der Waals surface area contributed by atoms with Gasteiger partial charge in [0.05, 0.1) is 5.92 Å². The first-order chi connectivity index (χ1) is 13.8. The normalized spacial score (nSPS) is 22.2. The van der Waals surface area contributed by atoms with Crippen LogP contribution in [0.5, 0.6) is 0 Å². The van der Waals surface area contributed by atoms with Crippen molar-refractivity contribution in [2.24, 2.45) is 5.92 Å². The van der Waals surface area contributed by atoms with Gasteiger partial charge in [0, 0.05) is 56.0 Å². The van der Waals surface area contributed by atoms with E-state index in [1.54, 1.807) is 6.20 Å². The highest BCUT2D eigenvalue weighted by atomic mass is 32.1. The van der Waals surface area contributed by atoms with E-state index in [4.69, 9.17) is 0 Å². The summed E-state index contributed by atoms with van der Waals surface area (Å²) in [6, 6.07) is 8.92. The number of pyridine rings is 1. The lowest BCUT2D eigenvalue weighted by molar-refractivity contribution is -0.127. The maximum atomic E-state index is 12.7. The van der Waals surface area contributed by atoms with E-state index in [2.05, 4.69) is 37.6 Å². The molecule has 1 N–H and O–H groups in total. The molecule has 2 aliphatic heterocycles. The molecule has 2 aromatic rings. The monoisotopic (exact) mass is 398 g/mol. The van der Waals surface area contributed by atoms with Gasteiger partial charge in [0.15, 0.2) is 0 Å². The first kappa shape index (κ1) is 19.6. The fraction of sp³-hybridized carbons (Fsp3) is 0.545. The SMILES string of the molecule is O=C(NCc1cccnc1)[C@H]1CCCN(C2CCN(Cc3cccs3)CC2)C1. The van der Waals surface area contributed by atoms with Crippen LogP contribution in [0.3, 0.4) is 0 Å². The van der Waals surface area contributed by atoms with E-state index < -0.39 is 0 Å². The van der Waals surface area contributed by atoms with Gasteiger partial charge in [0.1, 0.15) is 0 Å². The third-order valence-electron chi connectivity index (χ3n) is 6.05. The van der Waals surface area contributed by atoms with Gasteiger partial charge in [-0.3, -0.25) is 19.6 Å². The largest absolute Gasteiger partial charge is 0.352 e. The van der Waals surface area contributed by atoms with Gasteiger partial charge >= 0.3 is 0 Å². The highest BCUT2D eigenvalue weighted by molar-refractivity contribution is 7.09. The lowest BCUT2D eigenvalue weighted by atomic mass is 9.93. The van der Waals surface area contributed by atoms with Crippen molar-refractivity contribution in [1.29, 1.82) is 0 Å². The summed E-state index contributed by atoms with van der Waals surface area (Å²) < 4.78 is 0. The second-order valence-corrected chi connectivity index (χ2v) is 9.03. The van der Waals surface area contributed by atoms with Crippen LogP contribution in [0.4, 0.5) is 0 Å². The van der Waals surface area contributed by atoms with Gasteiger partial charge < -0.3 is 5.32 Å². The summed E-state index contributed by atoms with van der Waals surface area (Å²) in [6.07, 6.45) is 8.14. The molecule has 6 heteroatoms. The van der Waals surface area contributed by atoms with Crippen LogP contribution in [0.15, 0.2) is 42.0 Å². The molecular formula is C22H30N4OS. The van der Waals surface area contributed by atoms with Gasteiger partial charge in [-0.25, -0.2) is 0 Å². The summed E-state index contributed by atoms with van der Waals surface area (Å²) in [4.78, 5) is 23.4. The molecule has 0 aromatic carbocycles. The summed E-state index contributed by atoms with van der Waals surface area (Å²) in [5, 5.41) is 5.27. The molecule has 28 heavy (non-hydrogen) atoms. The average molecular weight is 399 g/mol. The van der Waals surface area contributed by atoms with Crippen LogP contribution in [0.1, 0.15) is 36.1 Å². The van der Waals surface area contributed by atoms with Crippen LogP contribution in [0.25, 0.3) is 0 Å². The summed E-state index contributed by atoms with van der Waals surface area (Å²) in [6.45, 7) is 6.04. The van der Waals surface area contributed by atoms with E-state index in [1.165, 1.54) is 17.7 Å². The summed E-state index contributed by atoms with van der Waals surface area (Å²) in [5.74, 6) is 0.318. The van der Waals surface area contributed by atoms with Gasteiger partial charge in [0.25, 0.3) is 0 Å². The number of hydrogen-bond donors (Lipinski definition) is 1. The van der Waals surface area contributed by atoms with E-state index >= 15 is 0 Å². The minimum absolute atomic E-state index is 0.120. The molecule has 150 valence electrons. The van der Waals surface area contributed by atoms with Gasteiger partial charge in [-0.05, 0) is 55.3 Å². The molecule has 1 amide bonds. The Morgan fingerprint density at radius 3 is 2.82 bits per heavy atom. The molecule has 1 atom stereocenters. The Labute approximate surface area is 171 Å². The fourth-order valence-corrected chi connectivity index (χ4v) is 5.20. The van der Waals surface area contributed by atoms with E-state index in [9.17, 15) is 4.79 Å². The van der Waals surface area contributed by atoms with Crippen molar-refractivity contribution in [3.63, 3.8) is 0 Å². The third kappa shape index (κ3) is 5.19. The molecule has 2 aromatic heterocycles. The van der Waals surface area contributed by atoms with Crippen LogP contribution in [0, 0.1) is 5.92 Å². The number of thiophene rings is 1. The molecule has 0 unspecified atom stereocenters. The van der Waals surface area contributed by atoms with Crippen LogP contribution in [-0.4, -0.2) is 52.9 Å². The van der Waals surface area contributed by atoms with Gasteiger partial charge in [0.2, 0.25) is 5.91 Å². The van der Waals surface area contributed by atoms with Crippen LogP contribution in [-0.2, 0) is 17.9 Å². The first-order valence-corrected chi connectivity index (χ1v) is 11.3. The zero-order valence-electron chi connectivity index (χ0n) is 16.4. The van der Waals surface area contributed by atoms with Gasteiger partial charge in [-0.1, -0.05) is 12.1 Å². The van der Waals surface area contributed by atoms with Crippen molar-refractivity contribution >= 4 is 17.2 Å². The number of piperidine rings is 2. The molecule has 0 bridgehead atoms. The second kappa shape index (κ2) is 9.63. The van der Waals surface area contributed by atoms with Crippen LogP contribution in [0.2, 0.25) is 0 Å². The Hall–Kier alpha value is -1.76. The lowest BCUT2D eigenvalue weighted by Gasteiger charge is -2.42. The van der Waals surface area contributed by atoms with E-state index in [1.807, 2.05) is 29.7 Å². The van der Waals surface area contributed by atoms with E-state index in [0.29, 0.717) is 12.6 Å². The zero-order valence-corrected chi connectivity index (χ0v) is 17.2. The maximum Gasteiger partial charge on any atom is 0.224 e. The summed E-state index contributed by atoms with van der Waals surface area (Å²) in [7, 11) is 0. The highest BCUT2D eigenvalue weighted by Crippen LogP contribution is 2.25. The second-order valence-electron chi connectivity index (χ2n) is 8.00. The highest BCUT2D eigenvalue weighted by Gasteiger charge is 2.31.